The van der Waals surface area contributed by atoms with Gasteiger partial charge < -0.3 is 10.0 Å². The molecule has 4 heterocycles. The van der Waals surface area contributed by atoms with Crippen molar-refractivity contribution in [3.63, 3.8) is 0 Å². The fraction of sp³-hybridized carbons (Fsp3) is 0.296. The first kappa shape index (κ1) is 22.8. The second-order valence-corrected chi connectivity index (χ2v) is 10.3. The fourth-order valence-electron chi connectivity index (χ4n) is 5.31. The number of nitrogens with one attached hydrogen (secondary N) is 1. The van der Waals surface area contributed by atoms with Gasteiger partial charge in [-0.25, -0.2) is 15.1 Å². The predicted molar refractivity (Wildman–Crippen MR) is 137 cm³/mol. The number of thiophene rings is 1. The van der Waals surface area contributed by atoms with Gasteiger partial charge in [0.05, 0.1) is 22.9 Å². The van der Waals surface area contributed by atoms with Crippen LogP contribution in [0.4, 0.5) is 5.69 Å². The number of H-pyrrole nitrogens is 1. The molecule has 1 aromatic carbocycles. The number of benzene rings is 1. The van der Waals surface area contributed by atoms with E-state index in [1.54, 1.807) is 34.6 Å². The highest BCUT2D eigenvalue weighted by atomic mass is 32.1. The Hall–Kier alpha value is -3.69. The third-order valence-corrected chi connectivity index (χ3v) is 8.40. The minimum Gasteiger partial charge on any atom is -0.392 e. The van der Waals surface area contributed by atoms with Gasteiger partial charge in [0.1, 0.15) is 6.33 Å². The molecule has 6 rings (SSSR count). The zero-order valence-corrected chi connectivity index (χ0v) is 20.5. The Morgan fingerprint density at radius 1 is 1.08 bits per heavy atom. The lowest BCUT2D eigenvalue weighted by molar-refractivity contribution is 0.0984. The average molecular weight is 500 g/mol. The Labute approximate surface area is 211 Å². The highest BCUT2D eigenvalue weighted by molar-refractivity contribution is 7.14. The number of nitrogens with zero attached hydrogens (tertiary/aromatic N) is 4. The maximum absolute atomic E-state index is 13.6. The van der Waals surface area contributed by atoms with Gasteiger partial charge >= 0.3 is 0 Å². The molecule has 0 bridgehead atoms. The fourth-order valence-corrected chi connectivity index (χ4v) is 6.70. The molecule has 2 N–H and O–H groups in total. The lowest BCUT2D eigenvalue weighted by Gasteiger charge is -2.30. The molecule has 1 amide bonds. The van der Waals surface area contributed by atoms with Crippen molar-refractivity contribution < 1.29 is 9.90 Å². The highest BCUT2D eigenvalue weighted by Crippen LogP contribution is 2.40. The second-order valence-electron chi connectivity index (χ2n) is 9.17. The van der Waals surface area contributed by atoms with Gasteiger partial charge in [0.2, 0.25) is 0 Å². The van der Waals surface area contributed by atoms with E-state index in [0.717, 1.165) is 29.8 Å². The summed E-state index contributed by atoms with van der Waals surface area (Å²) < 4.78 is 0. The zero-order chi connectivity index (χ0) is 24.6. The summed E-state index contributed by atoms with van der Waals surface area (Å²) in [7, 11) is 0. The number of aromatic nitrogens is 4. The minimum atomic E-state index is -0.292. The van der Waals surface area contributed by atoms with Crippen LogP contribution in [0.2, 0.25) is 0 Å². The number of hydrogen-bond acceptors (Lipinski definition) is 7. The van der Waals surface area contributed by atoms with Crippen molar-refractivity contribution in [1.29, 1.82) is 0 Å². The average Bonchev–Trinajstić information content (AvgIpc) is 3.30. The van der Waals surface area contributed by atoms with E-state index in [0.29, 0.717) is 41.0 Å². The van der Waals surface area contributed by atoms with Crippen LogP contribution in [0.3, 0.4) is 0 Å². The summed E-state index contributed by atoms with van der Waals surface area (Å²) in [5.41, 5.74) is 6.08. The van der Waals surface area contributed by atoms with E-state index in [1.165, 1.54) is 35.2 Å². The molecule has 1 aliphatic carbocycles. The van der Waals surface area contributed by atoms with Crippen molar-refractivity contribution in [2.75, 3.05) is 11.4 Å². The monoisotopic (exact) mass is 499 g/mol. The summed E-state index contributed by atoms with van der Waals surface area (Å²) in [5.74, 6) is 0.00128. The van der Waals surface area contributed by atoms with Gasteiger partial charge in [0, 0.05) is 46.4 Å². The van der Waals surface area contributed by atoms with Crippen molar-refractivity contribution in [2.45, 2.75) is 45.1 Å². The molecule has 182 valence electrons. The zero-order valence-electron chi connectivity index (χ0n) is 19.7. The Morgan fingerprint density at radius 2 is 1.97 bits per heavy atom. The molecular weight excluding hydrogens is 474 g/mol. The van der Waals surface area contributed by atoms with Gasteiger partial charge in [-0.05, 0) is 61.4 Å². The maximum Gasteiger partial charge on any atom is 0.268 e. The summed E-state index contributed by atoms with van der Waals surface area (Å²) in [6.45, 7) is 0.314. The van der Waals surface area contributed by atoms with Crippen LogP contribution < -0.4 is 10.5 Å². The van der Waals surface area contributed by atoms with Gasteiger partial charge in [0.25, 0.3) is 11.5 Å². The Kier molecular flexibility index (Phi) is 5.94. The number of aryl methyl sites for hydroxylation is 1. The number of hydrogen-bond donors (Lipinski definition) is 2. The first-order chi connectivity index (χ1) is 17.6. The standard InChI is InChI=1S/C27H25N5O3S/c33-14-21-18(22-13-16(26(34)31-30-22)12-17-8-10-28-15-29-17)5-3-6-23(21)32-11-9-20-19-4-1-2-7-24(19)36-25(20)27(32)35/h3,5-6,8,10,13,15,33H,1-2,4,7,9,11-12,14H2,(H,31,34). The van der Waals surface area contributed by atoms with Crippen LogP contribution in [-0.2, 0) is 32.3 Å². The molecule has 0 saturated carbocycles. The van der Waals surface area contributed by atoms with Crippen LogP contribution in [-0.4, -0.2) is 37.7 Å². The van der Waals surface area contributed by atoms with Crippen LogP contribution in [0, 0.1) is 0 Å². The van der Waals surface area contributed by atoms with E-state index in [9.17, 15) is 14.7 Å². The van der Waals surface area contributed by atoms with Crippen molar-refractivity contribution in [2.24, 2.45) is 0 Å². The summed E-state index contributed by atoms with van der Waals surface area (Å²) >= 11 is 1.65. The quantitative estimate of drug-likeness (QED) is 0.435. The summed E-state index contributed by atoms with van der Waals surface area (Å²) in [5, 5.41) is 17.3. The molecule has 36 heavy (non-hydrogen) atoms. The number of anilines is 1. The van der Waals surface area contributed by atoms with Crippen LogP contribution in [0.5, 0.6) is 0 Å². The molecule has 2 aliphatic rings. The first-order valence-electron chi connectivity index (χ1n) is 12.2. The van der Waals surface area contributed by atoms with Gasteiger partial charge in [0.15, 0.2) is 0 Å². The molecule has 0 spiro atoms. The molecule has 3 aromatic heterocycles. The van der Waals surface area contributed by atoms with E-state index < -0.39 is 0 Å². The number of aromatic amines is 1. The number of rotatable bonds is 5. The molecule has 9 heteroatoms. The van der Waals surface area contributed by atoms with Crippen LogP contribution in [0.25, 0.3) is 11.3 Å². The van der Waals surface area contributed by atoms with Crippen molar-refractivity contribution in [1.82, 2.24) is 20.2 Å². The second kappa shape index (κ2) is 9.40. The third-order valence-electron chi connectivity index (χ3n) is 7.08. The lowest BCUT2D eigenvalue weighted by atomic mass is 9.91. The molecule has 0 unspecified atom stereocenters. The van der Waals surface area contributed by atoms with E-state index in [-0.39, 0.29) is 18.1 Å². The van der Waals surface area contributed by atoms with Gasteiger partial charge in [-0.15, -0.1) is 11.3 Å². The van der Waals surface area contributed by atoms with Crippen molar-refractivity contribution in [3.05, 3.63) is 90.9 Å². The number of aliphatic hydroxyl groups is 1. The normalized spacial score (nSPS) is 15.0. The third kappa shape index (κ3) is 3.94. The number of carbonyl (C=O) groups excluding carboxylic acids is 1. The number of aliphatic hydroxyl groups excluding tert-OH is 1. The van der Waals surface area contributed by atoms with Gasteiger partial charge in [-0.3, -0.25) is 9.59 Å². The van der Waals surface area contributed by atoms with Crippen molar-refractivity contribution >= 4 is 22.9 Å². The van der Waals surface area contributed by atoms with Gasteiger partial charge in [-0.2, -0.15) is 5.10 Å². The molecule has 0 saturated heterocycles. The number of carbonyl (C=O) groups is 1. The summed E-state index contributed by atoms with van der Waals surface area (Å²) in [4.78, 5) is 38.2. The molecular formula is C27H25N5O3S. The van der Waals surface area contributed by atoms with Crippen LogP contribution in [0.1, 0.15) is 55.3 Å². The Bertz CT molecular complexity index is 1510. The summed E-state index contributed by atoms with van der Waals surface area (Å²) in [6.07, 6.45) is 8.75. The maximum atomic E-state index is 13.6. The predicted octanol–water partition coefficient (Wildman–Crippen LogP) is 3.45. The lowest BCUT2D eigenvalue weighted by Crippen LogP contribution is -2.37. The topological polar surface area (TPSA) is 112 Å². The Morgan fingerprint density at radius 3 is 2.81 bits per heavy atom. The SMILES string of the molecule is O=C1c2sc3c(c2CCN1c1cccc(-c2cc(Cc4ccncn4)c(=O)[nH]n2)c1CO)CCCC3. The van der Waals surface area contributed by atoms with E-state index in [4.69, 9.17) is 0 Å². The molecule has 4 aromatic rings. The molecule has 0 atom stereocenters. The molecule has 8 nitrogen and oxygen atoms in total. The molecule has 0 radical (unpaired) electrons. The largest absolute Gasteiger partial charge is 0.392 e. The first-order valence-corrected chi connectivity index (χ1v) is 13.0. The van der Waals surface area contributed by atoms with Gasteiger partial charge in [-0.1, -0.05) is 12.1 Å². The van der Waals surface area contributed by atoms with Crippen LogP contribution >= 0.6 is 11.3 Å². The molecule has 0 fully saturated rings. The van der Waals surface area contributed by atoms with Crippen LogP contribution in [0.15, 0.2) is 47.7 Å². The smallest absolute Gasteiger partial charge is 0.268 e. The minimum absolute atomic E-state index is 0.00128. The van der Waals surface area contributed by atoms with E-state index in [2.05, 4.69) is 20.2 Å². The van der Waals surface area contributed by atoms with E-state index in [1.807, 2.05) is 18.2 Å². The highest BCUT2D eigenvalue weighted by Gasteiger charge is 2.33. The summed E-state index contributed by atoms with van der Waals surface area (Å²) in [6, 6.07) is 9.08. The molecule has 1 aliphatic heterocycles. The van der Waals surface area contributed by atoms with E-state index >= 15 is 0 Å². The number of fused-ring (bicyclic) bond motifs is 3. The Balaban J connectivity index is 1.37. The van der Waals surface area contributed by atoms with Crippen molar-refractivity contribution in [3.8, 4) is 11.3 Å². The number of amides is 1.